The van der Waals surface area contributed by atoms with Crippen molar-refractivity contribution in [2.45, 2.75) is 13.0 Å². The molecule has 0 radical (unpaired) electrons. The molecule has 0 fully saturated rings. The maximum atomic E-state index is 11.8. The first-order valence-corrected chi connectivity index (χ1v) is 5.62. The fourth-order valence-corrected chi connectivity index (χ4v) is 1.70. The normalized spacial score (nSPS) is 12.2. The van der Waals surface area contributed by atoms with E-state index in [9.17, 15) is 4.79 Å². The van der Waals surface area contributed by atoms with Gasteiger partial charge < -0.3 is 15.4 Å². The first-order chi connectivity index (χ1) is 7.47. The van der Waals surface area contributed by atoms with E-state index in [-0.39, 0.29) is 5.91 Å². The molecular formula is C11H15BrN2O2. The third kappa shape index (κ3) is 2.74. The van der Waals surface area contributed by atoms with Crippen LogP contribution < -0.4 is 10.6 Å². The number of nitrogens with two attached hydrogens (primary N) is 1. The lowest BCUT2D eigenvalue weighted by atomic mass is 10.2. The largest absolute Gasteiger partial charge is 0.397 e. The highest BCUT2D eigenvalue weighted by atomic mass is 79.9. The van der Waals surface area contributed by atoms with Gasteiger partial charge in [0, 0.05) is 18.6 Å². The molecule has 88 valence electrons. The van der Waals surface area contributed by atoms with Crippen LogP contribution in [0.25, 0.3) is 0 Å². The SMILES string of the molecule is COC(C)C(=O)N(C)c1ccc(Br)cc1N. The molecule has 0 aliphatic rings. The summed E-state index contributed by atoms with van der Waals surface area (Å²) in [4.78, 5) is 13.3. The summed E-state index contributed by atoms with van der Waals surface area (Å²) in [5.74, 6) is -0.128. The van der Waals surface area contributed by atoms with Crippen molar-refractivity contribution in [3.63, 3.8) is 0 Å². The second kappa shape index (κ2) is 5.32. The summed E-state index contributed by atoms with van der Waals surface area (Å²) >= 11 is 3.32. The summed E-state index contributed by atoms with van der Waals surface area (Å²) in [5, 5.41) is 0. The number of nitrogen functional groups attached to an aromatic ring is 1. The van der Waals surface area contributed by atoms with E-state index in [1.807, 2.05) is 6.07 Å². The van der Waals surface area contributed by atoms with Crippen molar-refractivity contribution in [3.05, 3.63) is 22.7 Å². The minimum atomic E-state index is -0.479. The molecule has 0 bridgehead atoms. The highest BCUT2D eigenvalue weighted by molar-refractivity contribution is 9.10. The Morgan fingerprint density at radius 1 is 1.56 bits per heavy atom. The summed E-state index contributed by atoms with van der Waals surface area (Å²) in [7, 11) is 3.18. The van der Waals surface area contributed by atoms with E-state index in [1.54, 1.807) is 26.1 Å². The summed E-state index contributed by atoms with van der Waals surface area (Å²) < 4.78 is 5.86. The summed E-state index contributed by atoms with van der Waals surface area (Å²) in [5.41, 5.74) is 7.06. The Hall–Kier alpha value is -1.07. The van der Waals surface area contributed by atoms with Crippen molar-refractivity contribution >= 4 is 33.2 Å². The lowest BCUT2D eigenvalue weighted by Crippen LogP contribution is -2.36. The Morgan fingerprint density at radius 2 is 2.19 bits per heavy atom. The summed E-state index contributed by atoms with van der Waals surface area (Å²) in [6, 6.07) is 5.39. The fraction of sp³-hybridized carbons (Fsp3) is 0.364. The fourth-order valence-electron chi connectivity index (χ4n) is 1.32. The molecule has 16 heavy (non-hydrogen) atoms. The molecule has 5 heteroatoms. The average Bonchev–Trinajstić information content (AvgIpc) is 2.26. The molecule has 1 amide bonds. The van der Waals surface area contributed by atoms with Gasteiger partial charge in [-0.1, -0.05) is 15.9 Å². The lowest BCUT2D eigenvalue weighted by Gasteiger charge is -2.22. The van der Waals surface area contributed by atoms with E-state index in [4.69, 9.17) is 10.5 Å². The molecule has 0 spiro atoms. The Morgan fingerprint density at radius 3 is 2.69 bits per heavy atom. The highest BCUT2D eigenvalue weighted by Gasteiger charge is 2.19. The maximum Gasteiger partial charge on any atom is 0.255 e. The van der Waals surface area contributed by atoms with Crippen molar-refractivity contribution in [1.29, 1.82) is 0 Å². The van der Waals surface area contributed by atoms with Crippen LogP contribution in [0.2, 0.25) is 0 Å². The van der Waals surface area contributed by atoms with E-state index < -0.39 is 6.10 Å². The average molecular weight is 287 g/mol. The molecule has 1 rings (SSSR count). The molecule has 0 aliphatic carbocycles. The molecule has 1 atom stereocenters. The van der Waals surface area contributed by atoms with Gasteiger partial charge in [-0.25, -0.2) is 0 Å². The highest BCUT2D eigenvalue weighted by Crippen LogP contribution is 2.26. The number of likely N-dealkylation sites (N-methyl/N-ethyl adjacent to an activating group) is 1. The molecule has 1 aromatic rings. The molecule has 0 aromatic heterocycles. The van der Waals surface area contributed by atoms with Gasteiger partial charge in [-0.05, 0) is 25.1 Å². The Labute approximate surface area is 103 Å². The maximum absolute atomic E-state index is 11.8. The van der Waals surface area contributed by atoms with Crippen LogP contribution in [0.5, 0.6) is 0 Å². The number of nitrogens with zero attached hydrogens (tertiary/aromatic N) is 1. The van der Waals surface area contributed by atoms with Crippen molar-refractivity contribution < 1.29 is 9.53 Å². The molecule has 0 aliphatic heterocycles. The molecule has 2 N–H and O–H groups in total. The van der Waals surface area contributed by atoms with E-state index in [2.05, 4.69) is 15.9 Å². The molecular weight excluding hydrogens is 272 g/mol. The number of amides is 1. The lowest BCUT2D eigenvalue weighted by molar-refractivity contribution is -0.127. The zero-order chi connectivity index (χ0) is 12.3. The van der Waals surface area contributed by atoms with Crippen molar-refractivity contribution in [3.8, 4) is 0 Å². The van der Waals surface area contributed by atoms with Crippen LogP contribution >= 0.6 is 15.9 Å². The summed E-state index contributed by atoms with van der Waals surface area (Å²) in [6.07, 6.45) is -0.479. The van der Waals surface area contributed by atoms with E-state index in [0.717, 1.165) is 4.47 Å². The Balaban J connectivity index is 2.96. The Bertz CT molecular complexity index is 396. The van der Waals surface area contributed by atoms with Gasteiger partial charge in [-0.15, -0.1) is 0 Å². The number of ether oxygens (including phenoxy) is 1. The second-order valence-corrected chi connectivity index (χ2v) is 4.39. The number of rotatable bonds is 3. The first kappa shape index (κ1) is 13.0. The Kier molecular flexibility index (Phi) is 4.32. The van der Waals surface area contributed by atoms with Crippen LogP contribution in [-0.2, 0) is 9.53 Å². The van der Waals surface area contributed by atoms with Crippen LogP contribution in [0.4, 0.5) is 11.4 Å². The van der Waals surface area contributed by atoms with Gasteiger partial charge in [0.1, 0.15) is 6.10 Å². The molecule has 4 nitrogen and oxygen atoms in total. The number of hydrogen-bond donors (Lipinski definition) is 1. The van der Waals surface area contributed by atoms with Crippen molar-refractivity contribution in [2.75, 3.05) is 24.8 Å². The minimum absolute atomic E-state index is 0.128. The zero-order valence-corrected chi connectivity index (χ0v) is 11.1. The molecule has 0 saturated carbocycles. The number of halogens is 1. The zero-order valence-electron chi connectivity index (χ0n) is 9.53. The van der Waals surface area contributed by atoms with E-state index in [0.29, 0.717) is 11.4 Å². The third-order valence-corrected chi connectivity index (χ3v) is 2.88. The number of carbonyl (C=O) groups excluding carboxylic acids is 1. The number of anilines is 2. The third-order valence-electron chi connectivity index (χ3n) is 2.38. The molecule has 1 aromatic carbocycles. The van der Waals surface area contributed by atoms with Gasteiger partial charge in [-0.3, -0.25) is 4.79 Å². The standard InChI is InChI=1S/C11H15BrN2O2/c1-7(16-3)11(15)14(2)10-5-4-8(12)6-9(10)13/h4-7H,13H2,1-3H3. The van der Waals surface area contributed by atoms with Crippen LogP contribution in [0.15, 0.2) is 22.7 Å². The van der Waals surface area contributed by atoms with Gasteiger partial charge in [0.25, 0.3) is 5.91 Å². The van der Waals surface area contributed by atoms with E-state index in [1.165, 1.54) is 12.0 Å². The second-order valence-electron chi connectivity index (χ2n) is 3.48. The molecule has 0 saturated heterocycles. The van der Waals surface area contributed by atoms with Crippen LogP contribution in [0.1, 0.15) is 6.92 Å². The van der Waals surface area contributed by atoms with Crippen LogP contribution in [-0.4, -0.2) is 26.2 Å². The molecule has 0 heterocycles. The van der Waals surface area contributed by atoms with Gasteiger partial charge in [0.05, 0.1) is 11.4 Å². The van der Waals surface area contributed by atoms with Crippen LogP contribution in [0.3, 0.4) is 0 Å². The number of carbonyl (C=O) groups is 1. The molecule has 1 unspecified atom stereocenters. The summed E-state index contributed by atoms with van der Waals surface area (Å²) in [6.45, 7) is 1.70. The van der Waals surface area contributed by atoms with Gasteiger partial charge >= 0.3 is 0 Å². The van der Waals surface area contributed by atoms with E-state index >= 15 is 0 Å². The quantitative estimate of drug-likeness (QED) is 0.865. The monoisotopic (exact) mass is 286 g/mol. The smallest absolute Gasteiger partial charge is 0.255 e. The number of hydrogen-bond acceptors (Lipinski definition) is 3. The van der Waals surface area contributed by atoms with Gasteiger partial charge in [0.15, 0.2) is 0 Å². The van der Waals surface area contributed by atoms with Gasteiger partial charge in [0.2, 0.25) is 0 Å². The number of methoxy groups -OCH3 is 1. The van der Waals surface area contributed by atoms with Crippen molar-refractivity contribution in [2.24, 2.45) is 0 Å². The minimum Gasteiger partial charge on any atom is -0.397 e. The predicted molar refractivity (Wildman–Crippen MR) is 68.4 cm³/mol. The van der Waals surface area contributed by atoms with Crippen molar-refractivity contribution in [1.82, 2.24) is 0 Å². The first-order valence-electron chi connectivity index (χ1n) is 4.82. The van der Waals surface area contributed by atoms with Gasteiger partial charge in [-0.2, -0.15) is 0 Å². The predicted octanol–water partition coefficient (Wildman–Crippen LogP) is 2.03. The topological polar surface area (TPSA) is 55.6 Å². The number of benzene rings is 1. The van der Waals surface area contributed by atoms with Crippen LogP contribution in [0, 0.1) is 0 Å².